The smallest absolute Gasteiger partial charge is 0.290 e. The summed E-state index contributed by atoms with van der Waals surface area (Å²) in [5, 5.41) is 6.89. The molecule has 0 radical (unpaired) electrons. The summed E-state index contributed by atoms with van der Waals surface area (Å²) in [7, 11) is 0. The van der Waals surface area contributed by atoms with Gasteiger partial charge >= 0.3 is 0 Å². The summed E-state index contributed by atoms with van der Waals surface area (Å²) >= 11 is 0. The van der Waals surface area contributed by atoms with E-state index < -0.39 is 0 Å². The number of aryl methyl sites for hydroxylation is 4. The summed E-state index contributed by atoms with van der Waals surface area (Å²) in [5.41, 5.74) is 11.0. The number of hydrogen-bond donors (Lipinski definition) is 1. The maximum absolute atomic E-state index is 8.36. The Morgan fingerprint density at radius 3 is 1.06 bits per heavy atom. The molecule has 0 atom stereocenters. The Morgan fingerprint density at radius 2 is 0.754 bits per heavy atom. The Balaban J connectivity index is 0.000000167. The molecule has 12 heteroatoms. The number of ether oxygens (including phenoxy) is 2. The first-order valence-corrected chi connectivity index (χ1v) is 23.3. The average molecular weight is 875 g/mol. The Hall–Kier alpha value is -6.05. The summed E-state index contributed by atoms with van der Waals surface area (Å²) in [6.45, 7) is 11.6. The van der Waals surface area contributed by atoms with Gasteiger partial charge in [-0.05, 0) is 95.2 Å². The molecule has 4 heterocycles. The largest absolute Gasteiger partial charge is 0.483 e. The molecule has 4 aromatic carbocycles. The maximum atomic E-state index is 8.36. The van der Waals surface area contributed by atoms with Crippen molar-refractivity contribution in [1.29, 1.82) is 0 Å². The van der Waals surface area contributed by atoms with Gasteiger partial charge in [-0.15, -0.1) is 0 Å². The van der Waals surface area contributed by atoms with Crippen LogP contribution in [0.4, 0.5) is 11.9 Å². The van der Waals surface area contributed by atoms with Crippen LogP contribution in [0.3, 0.4) is 0 Å². The third-order valence-electron chi connectivity index (χ3n) is 12.9. The Labute approximate surface area is 383 Å². The quantitative estimate of drug-likeness (QED) is 0.0970. The van der Waals surface area contributed by atoms with E-state index in [4.69, 9.17) is 19.4 Å². The molecule has 0 spiro atoms. The molecule has 1 N–H and O–H groups in total. The second kappa shape index (κ2) is 23.8. The van der Waals surface area contributed by atoms with Crippen LogP contribution in [0.5, 0.6) is 0 Å². The monoisotopic (exact) mass is 874 g/mol. The fourth-order valence-electron chi connectivity index (χ4n) is 9.53. The van der Waals surface area contributed by atoms with E-state index in [9.17, 15) is 0 Å². The van der Waals surface area contributed by atoms with Gasteiger partial charge in [0.2, 0.25) is 11.9 Å². The predicted octanol–water partition coefficient (Wildman–Crippen LogP) is 7.49. The first-order chi connectivity index (χ1) is 32.2. The standard InChI is InChI=1S/2C26H30N4O.CH2O2/c2*1-3-9-23-21(7-1)11-12-22-8-2-4-10-24(22)25(23)31-20-6-15-29-16-18-30(19-17-29)26-27-13-5-14-28-26;2-1-3/h2*1-5,7-10,13-14,25H,6,11-12,15-20H2;1H,(H,2,3). The number of carbonyl (C=O) groups is 1. The number of aromatic nitrogens is 4. The predicted molar refractivity (Wildman–Crippen MR) is 255 cm³/mol. The van der Waals surface area contributed by atoms with E-state index in [1.165, 1.54) is 44.5 Å². The van der Waals surface area contributed by atoms with E-state index in [0.717, 1.165) is 129 Å². The van der Waals surface area contributed by atoms with Crippen LogP contribution in [0.25, 0.3) is 0 Å². The number of fused-ring (bicyclic) bond motifs is 4. The SMILES string of the molecule is O=CO.c1cnc(N2CCN(CCCOC3c4ccccc4CCc4ccccc43)CC2)nc1.c1cnc(N2CCN(CCCOC3c4ccccc4CCc4ccccc43)CC2)nc1. The average Bonchev–Trinajstić information content (AvgIpc) is 3.63. The van der Waals surface area contributed by atoms with Gasteiger partial charge < -0.3 is 24.4 Å². The number of benzene rings is 4. The van der Waals surface area contributed by atoms with Gasteiger partial charge in [0.05, 0.1) is 0 Å². The fraction of sp³-hybridized carbons (Fsp3) is 0.377. The van der Waals surface area contributed by atoms with Crippen LogP contribution in [0.15, 0.2) is 134 Å². The van der Waals surface area contributed by atoms with E-state index in [0.29, 0.717) is 0 Å². The topological polar surface area (TPSA) is 120 Å². The highest BCUT2D eigenvalue weighted by Gasteiger charge is 2.26. The number of nitrogens with zero attached hydrogens (tertiary/aromatic N) is 8. The number of hydrogen-bond acceptors (Lipinski definition) is 11. The van der Waals surface area contributed by atoms with Gasteiger partial charge in [0.15, 0.2) is 0 Å². The van der Waals surface area contributed by atoms with E-state index in [2.05, 4.69) is 137 Å². The molecule has 6 aromatic rings. The van der Waals surface area contributed by atoms with Crippen LogP contribution < -0.4 is 9.80 Å². The van der Waals surface area contributed by atoms with Crippen molar-refractivity contribution in [2.75, 3.05) is 88.5 Å². The van der Waals surface area contributed by atoms with Gasteiger partial charge in [0.25, 0.3) is 6.47 Å². The summed E-state index contributed by atoms with van der Waals surface area (Å²) < 4.78 is 13.1. The number of carboxylic acid groups (broad SMARTS) is 1. The summed E-state index contributed by atoms with van der Waals surface area (Å²) in [6, 6.07) is 38.9. The van der Waals surface area contributed by atoms with Gasteiger partial charge in [-0.1, -0.05) is 97.1 Å². The highest BCUT2D eigenvalue weighted by atomic mass is 16.5. The molecule has 2 saturated heterocycles. The van der Waals surface area contributed by atoms with Crippen LogP contribution in [0, 0.1) is 0 Å². The van der Waals surface area contributed by atoms with Gasteiger partial charge in [0.1, 0.15) is 12.2 Å². The van der Waals surface area contributed by atoms with Crippen LogP contribution in [-0.2, 0) is 40.0 Å². The van der Waals surface area contributed by atoms with E-state index in [1.54, 1.807) is 0 Å². The third-order valence-corrected chi connectivity index (χ3v) is 12.9. The van der Waals surface area contributed by atoms with Crippen LogP contribution >= 0.6 is 0 Å². The number of rotatable bonds is 12. The molecular formula is C53H62N8O4. The Bertz CT molecular complexity index is 2100. The highest BCUT2D eigenvalue weighted by molar-refractivity contribution is 5.45. The maximum Gasteiger partial charge on any atom is 0.290 e. The minimum atomic E-state index is -0.250. The van der Waals surface area contributed by atoms with Crippen LogP contribution in [0.2, 0.25) is 0 Å². The summed E-state index contributed by atoms with van der Waals surface area (Å²) in [5.74, 6) is 1.69. The minimum Gasteiger partial charge on any atom is -0.483 e. The lowest BCUT2D eigenvalue weighted by molar-refractivity contribution is -0.122. The molecule has 0 unspecified atom stereocenters. The molecule has 65 heavy (non-hydrogen) atoms. The van der Waals surface area contributed by atoms with Crippen molar-refractivity contribution in [1.82, 2.24) is 29.7 Å². The molecule has 10 rings (SSSR count). The number of piperazine rings is 2. The number of anilines is 2. The van der Waals surface area contributed by atoms with Crippen LogP contribution in [-0.4, -0.2) is 120 Å². The molecule has 0 bridgehead atoms. The molecule has 12 nitrogen and oxygen atoms in total. The van der Waals surface area contributed by atoms with Gasteiger partial charge in [0, 0.05) is 103 Å². The van der Waals surface area contributed by atoms with Crippen molar-refractivity contribution in [2.45, 2.75) is 50.7 Å². The third kappa shape index (κ3) is 12.2. The molecule has 0 amide bonds. The lowest BCUT2D eigenvalue weighted by Crippen LogP contribution is -2.47. The second-order valence-corrected chi connectivity index (χ2v) is 16.9. The van der Waals surface area contributed by atoms with Crippen molar-refractivity contribution in [3.8, 4) is 0 Å². The van der Waals surface area contributed by atoms with Crippen molar-refractivity contribution >= 4 is 18.4 Å². The van der Waals surface area contributed by atoms with Crippen molar-refractivity contribution < 1.29 is 19.4 Å². The van der Waals surface area contributed by atoms with Crippen molar-refractivity contribution in [3.63, 3.8) is 0 Å². The zero-order valence-electron chi connectivity index (χ0n) is 37.4. The van der Waals surface area contributed by atoms with Crippen molar-refractivity contribution in [3.05, 3.63) is 178 Å². The first-order valence-electron chi connectivity index (χ1n) is 23.3. The molecule has 2 fully saturated rings. The van der Waals surface area contributed by atoms with Gasteiger partial charge in [-0.2, -0.15) is 0 Å². The molecule has 4 aliphatic rings. The zero-order chi connectivity index (χ0) is 44.5. The molecule has 338 valence electrons. The summed E-state index contributed by atoms with van der Waals surface area (Å²) in [6.07, 6.45) is 13.8. The minimum absolute atomic E-state index is 0.0435. The summed E-state index contributed by atoms with van der Waals surface area (Å²) in [4.78, 5) is 35.5. The molecular weight excluding hydrogens is 813 g/mol. The molecule has 0 saturated carbocycles. The fourth-order valence-corrected chi connectivity index (χ4v) is 9.53. The van der Waals surface area contributed by atoms with Gasteiger partial charge in [-0.3, -0.25) is 14.6 Å². The lowest BCUT2D eigenvalue weighted by atomic mass is 9.97. The van der Waals surface area contributed by atoms with Gasteiger partial charge in [-0.25, -0.2) is 19.9 Å². The second-order valence-electron chi connectivity index (χ2n) is 16.9. The molecule has 2 aromatic heterocycles. The normalized spacial score (nSPS) is 16.5. The van der Waals surface area contributed by atoms with E-state index in [1.807, 2.05) is 36.9 Å². The zero-order valence-corrected chi connectivity index (χ0v) is 37.4. The van der Waals surface area contributed by atoms with Crippen molar-refractivity contribution in [2.24, 2.45) is 0 Å². The molecule has 2 aliphatic heterocycles. The Kier molecular flexibility index (Phi) is 16.6. The van der Waals surface area contributed by atoms with Crippen LogP contribution in [0.1, 0.15) is 69.6 Å². The van der Waals surface area contributed by atoms with E-state index in [-0.39, 0.29) is 18.7 Å². The highest BCUT2D eigenvalue weighted by Crippen LogP contribution is 2.36. The lowest BCUT2D eigenvalue weighted by Gasteiger charge is -2.34. The van der Waals surface area contributed by atoms with E-state index >= 15 is 0 Å². The Morgan fingerprint density at radius 1 is 0.462 bits per heavy atom. The molecule has 2 aliphatic carbocycles. The first kappa shape index (κ1) is 45.5.